The molecule has 3 aromatic heterocycles. The van der Waals surface area contributed by atoms with Crippen LogP contribution >= 0.6 is 11.8 Å². The van der Waals surface area contributed by atoms with Gasteiger partial charge in [-0.2, -0.15) is 10.1 Å². The topological polar surface area (TPSA) is 136 Å². The molecule has 4 N–H and O–H groups in total. The van der Waals surface area contributed by atoms with Crippen molar-refractivity contribution in [2.75, 3.05) is 29.1 Å². The molecule has 166 valence electrons. The number of aromatic nitrogens is 5. The molecule has 1 saturated carbocycles. The number of aromatic amines is 1. The van der Waals surface area contributed by atoms with Gasteiger partial charge in [0.25, 0.3) is 0 Å². The van der Waals surface area contributed by atoms with Crippen LogP contribution in [0.25, 0.3) is 5.52 Å². The maximum absolute atomic E-state index is 12.9. The number of aliphatic hydroxyl groups excluding tert-OH is 1. The molecule has 5 heterocycles. The number of fused-ring (bicyclic) bond motifs is 1. The molecular weight excluding hydrogens is 430 g/mol. The number of carbonyl (C=O) groups excluding carboxylic acids is 1. The van der Waals surface area contributed by atoms with Crippen molar-refractivity contribution in [2.24, 2.45) is 4.99 Å². The van der Waals surface area contributed by atoms with Crippen LogP contribution in [0.3, 0.4) is 0 Å². The first-order valence-electron chi connectivity index (χ1n) is 10.7. The summed E-state index contributed by atoms with van der Waals surface area (Å²) >= 11 is 1.52. The monoisotopic (exact) mass is 453 g/mol. The van der Waals surface area contributed by atoms with Gasteiger partial charge in [0.1, 0.15) is 11.6 Å². The molecule has 0 radical (unpaired) electrons. The summed E-state index contributed by atoms with van der Waals surface area (Å²) in [6, 6.07) is 5.23. The van der Waals surface area contributed by atoms with E-state index in [9.17, 15) is 9.90 Å². The number of H-pyrrole nitrogens is 1. The molecule has 11 nitrogen and oxygen atoms in total. The van der Waals surface area contributed by atoms with Gasteiger partial charge in [-0.1, -0.05) is 11.8 Å². The highest BCUT2D eigenvalue weighted by atomic mass is 32.2. The third-order valence-corrected chi connectivity index (χ3v) is 6.79. The van der Waals surface area contributed by atoms with Gasteiger partial charge in [-0.15, -0.1) is 5.10 Å². The molecule has 0 aromatic carbocycles. The average molecular weight is 454 g/mol. The van der Waals surface area contributed by atoms with Crippen molar-refractivity contribution in [3.8, 4) is 0 Å². The fourth-order valence-electron chi connectivity index (χ4n) is 4.14. The van der Waals surface area contributed by atoms with E-state index in [0.717, 1.165) is 17.0 Å². The number of hydrogen-bond donors (Lipinski definition) is 4. The zero-order valence-electron chi connectivity index (χ0n) is 17.2. The first-order chi connectivity index (χ1) is 15.6. The molecule has 32 heavy (non-hydrogen) atoms. The molecule has 6 rings (SSSR count). The second-order valence-electron chi connectivity index (χ2n) is 8.29. The van der Waals surface area contributed by atoms with Gasteiger partial charge in [-0.3, -0.25) is 14.9 Å². The Morgan fingerprint density at radius 2 is 2.25 bits per heavy atom. The summed E-state index contributed by atoms with van der Waals surface area (Å²) in [6.45, 7) is 0.980. The quantitative estimate of drug-likeness (QED) is 0.453. The Balaban J connectivity index is 1.30. The number of thioether (sulfide) groups is 1. The fourth-order valence-corrected chi connectivity index (χ4v) is 4.88. The van der Waals surface area contributed by atoms with E-state index < -0.39 is 12.1 Å². The smallest absolute Gasteiger partial charge is 0.248 e. The number of β-amino-alcohol motifs (C(OH)–C–C–N with tert-alkyl or cyclic N) is 1. The first-order valence-corrected chi connectivity index (χ1v) is 11.7. The molecule has 2 atom stereocenters. The number of carbonyl (C=O) groups is 1. The molecule has 2 aliphatic heterocycles. The van der Waals surface area contributed by atoms with E-state index in [-0.39, 0.29) is 12.5 Å². The lowest BCUT2D eigenvalue weighted by molar-refractivity contribution is -0.120. The Morgan fingerprint density at radius 3 is 3.06 bits per heavy atom. The van der Waals surface area contributed by atoms with E-state index >= 15 is 0 Å². The zero-order valence-corrected chi connectivity index (χ0v) is 18.0. The Labute approximate surface area is 187 Å². The van der Waals surface area contributed by atoms with Gasteiger partial charge in [-0.05, 0) is 25.0 Å². The Kier molecular flexibility index (Phi) is 4.76. The van der Waals surface area contributed by atoms with E-state index in [2.05, 4.69) is 30.9 Å². The van der Waals surface area contributed by atoms with Gasteiger partial charge in [0.15, 0.2) is 16.8 Å². The summed E-state index contributed by atoms with van der Waals surface area (Å²) in [7, 11) is 0. The zero-order chi connectivity index (χ0) is 21.7. The summed E-state index contributed by atoms with van der Waals surface area (Å²) < 4.78 is 1.72. The van der Waals surface area contributed by atoms with E-state index in [4.69, 9.17) is 4.98 Å². The summed E-state index contributed by atoms with van der Waals surface area (Å²) in [5.41, 5.74) is 1.92. The van der Waals surface area contributed by atoms with Crippen molar-refractivity contribution in [1.82, 2.24) is 30.1 Å². The van der Waals surface area contributed by atoms with Crippen LogP contribution in [-0.2, 0) is 4.79 Å². The van der Waals surface area contributed by atoms with Gasteiger partial charge < -0.3 is 20.6 Å². The normalized spacial score (nSPS) is 23.0. The van der Waals surface area contributed by atoms with E-state index in [1.165, 1.54) is 24.6 Å². The van der Waals surface area contributed by atoms with Crippen LogP contribution in [0, 0.1) is 0 Å². The summed E-state index contributed by atoms with van der Waals surface area (Å²) in [5, 5.41) is 29.2. The van der Waals surface area contributed by atoms with Crippen molar-refractivity contribution in [3.05, 3.63) is 30.1 Å². The second-order valence-corrected chi connectivity index (χ2v) is 9.37. The molecule has 12 heteroatoms. The summed E-state index contributed by atoms with van der Waals surface area (Å²) in [5.74, 6) is 2.87. The SMILES string of the molecule is O=C(NC1=NCCS1)[C@@H]1C[C@@H](O)CN1c1nc(Nc2cc(C3CC3)[nH]n2)c2cccn2n1. The van der Waals surface area contributed by atoms with E-state index in [1.54, 1.807) is 9.42 Å². The highest BCUT2D eigenvalue weighted by Crippen LogP contribution is 2.39. The fraction of sp³-hybridized carbons (Fsp3) is 0.450. The largest absolute Gasteiger partial charge is 0.391 e. The molecule has 3 aromatic rings. The van der Waals surface area contributed by atoms with Crippen LogP contribution in [0.2, 0.25) is 0 Å². The van der Waals surface area contributed by atoms with Crippen molar-refractivity contribution >= 4 is 45.9 Å². The van der Waals surface area contributed by atoms with Crippen LogP contribution in [0.4, 0.5) is 17.6 Å². The number of aliphatic imine (C=N–C) groups is 1. The van der Waals surface area contributed by atoms with Gasteiger partial charge in [-0.25, -0.2) is 4.52 Å². The average Bonchev–Trinajstić information content (AvgIpc) is 3.21. The number of aliphatic hydroxyl groups is 1. The van der Waals surface area contributed by atoms with Gasteiger partial charge in [0, 0.05) is 42.6 Å². The maximum atomic E-state index is 12.9. The lowest BCUT2D eigenvalue weighted by atomic mass is 10.2. The lowest BCUT2D eigenvalue weighted by Gasteiger charge is -2.24. The Hall–Kier alpha value is -3.12. The number of amidine groups is 1. The van der Waals surface area contributed by atoms with Gasteiger partial charge in [0.05, 0.1) is 12.6 Å². The van der Waals surface area contributed by atoms with Crippen LogP contribution in [-0.4, -0.2) is 72.0 Å². The maximum Gasteiger partial charge on any atom is 0.248 e. The Morgan fingerprint density at radius 1 is 1.34 bits per heavy atom. The minimum absolute atomic E-state index is 0.207. The van der Waals surface area contributed by atoms with Crippen molar-refractivity contribution in [2.45, 2.75) is 37.3 Å². The number of anilines is 3. The number of nitrogens with one attached hydrogen (secondary N) is 3. The predicted octanol–water partition coefficient (Wildman–Crippen LogP) is 1.23. The van der Waals surface area contributed by atoms with Crippen LogP contribution < -0.4 is 15.5 Å². The minimum Gasteiger partial charge on any atom is -0.391 e. The van der Waals surface area contributed by atoms with Crippen LogP contribution in [0.5, 0.6) is 0 Å². The summed E-state index contributed by atoms with van der Waals surface area (Å²) in [6.07, 6.45) is 3.87. The highest BCUT2D eigenvalue weighted by molar-refractivity contribution is 8.14. The molecule has 0 unspecified atom stereocenters. The number of amides is 1. The molecule has 2 fully saturated rings. The third-order valence-electron chi connectivity index (χ3n) is 5.90. The molecule has 1 amide bonds. The molecule has 1 aliphatic carbocycles. The molecule has 0 spiro atoms. The van der Waals surface area contributed by atoms with Crippen molar-refractivity contribution < 1.29 is 9.90 Å². The lowest BCUT2D eigenvalue weighted by Crippen LogP contribution is -2.45. The predicted molar refractivity (Wildman–Crippen MR) is 121 cm³/mol. The number of rotatable bonds is 5. The van der Waals surface area contributed by atoms with Gasteiger partial charge >= 0.3 is 0 Å². The van der Waals surface area contributed by atoms with Crippen molar-refractivity contribution in [3.63, 3.8) is 0 Å². The minimum atomic E-state index is -0.642. The van der Waals surface area contributed by atoms with E-state index in [0.29, 0.717) is 41.6 Å². The first kappa shape index (κ1) is 19.6. The molecular formula is C20H23N9O2S. The third kappa shape index (κ3) is 3.69. The molecule has 1 saturated heterocycles. The second kappa shape index (κ2) is 7.78. The van der Waals surface area contributed by atoms with E-state index in [1.807, 2.05) is 24.4 Å². The number of hydrogen-bond acceptors (Lipinski definition) is 9. The number of nitrogens with zero attached hydrogens (tertiary/aromatic N) is 6. The molecule has 3 aliphatic rings. The van der Waals surface area contributed by atoms with Gasteiger partial charge in [0.2, 0.25) is 11.9 Å². The van der Waals surface area contributed by atoms with Crippen molar-refractivity contribution in [1.29, 1.82) is 0 Å². The van der Waals surface area contributed by atoms with Crippen LogP contribution in [0.15, 0.2) is 29.4 Å². The highest BCUT2D eigenvalue weighted by Gasteiger charge is 2.38. The molecule has 0 bridgehead atoms. The van der Waals surface area contributed by atoms with Crippen LogP contribution in [0.1, 0.15) is 30.9 Å². The summed E-state index contributed by atoms with van der Waals surface area (Å²) in [4.78, 5) is 23.7. The standard InChI is InChI=1S/C20H23N9O2S/c30-12-8-15(18(31)24-20-21-5-7-32-20)28(10-12)19-23-17(14-2-1-6-29(14)27-19)22-16-9-13(25-26-16)11-3-4-11/h1-2,6,9,11-12,15,30H,3-5,7-8,10H2,(H,21,24,31)(H2,22,23,25,26,27)/t12-,15+/m1/s1. The Bertz CT molecular complexity index is 1200.